The van der Waals surface area contributed by atoms with Crippen LogP contribution in [0.4, 0.5) is 11.5 Å². The highest BCUT2D eigenvalue weighted by Crippen LogP contribution is 2.12. The van der Waals surface area contributed by atoms with Gasteiger partial charge in [0, 0.05) is 13.1 Å². The maximum Gasteiger partial charge on any atom is 0.165 e. The van der Waals surface area contributed by atoms with Crippen LogP contribution < -0.4 is 11.1 Å². The Morgan fingerprint density at radius 2 is 2.00 bits per heavy atom. The highest BCUT2D eigenvalue weighted by atomic mass is 15.1. The number of hydrogen-bond donors (Lipinski definition) is 2. The lowest BCUT2D eigenvalue weighted by atomic mass is 10.2. The van der Waals surface area contributed by atoms with E-state index in [1.165, 1.54) is 38.8 Å². The van der Waals surface area contributed by atoms with Gasteiger partial charge in [0.05, 0.1) is 5.69 Å². The summed E-state index contributed by atoms with van der Waals surface area (Å²) in [5.74, 6) is 0.723. The van der Waals surface area contributed by atoms with E-state index in [-0.39, 0.29) is 0 Å². The lowest BCUT2D eigenvalue weighted by Crippen LogP contribution is -2.30. The topological polar surface area (TPSA) is 78.0 Å². The van der Waals surface area contributed by atoms with Gasteiger partial charge in [-0.15, -0.1) is 0 Å². The number of hydrogen-bond acceptors (Lipinski definition) is 5. The Labute approximate surface area is 114 Å². The molecule has 0 aliphatic carbocycles. The van der Waals surface area contributed by atoms with Gasteiger partial charge in [-0.1, -0.05) is 12.8 Å². The van der Waals surface area contributed by atoms with Gasteiger partial charge in [0.1, 0.15) is 11.9 Å². The Kier molecular flexibility index (Phi) is 4.99. The van der Waals surface area contributed by atoms with Crippen LogP contribution in [0.5, 0.6) is 0 Å². The van der Waals surface area contributed by atoms with Crippen molar-refractivity contribution in [3.05, 3.63) is 17.8 Å². The smallest absolute Gasteiger partial charge is 0.165 e. The Hall–Kier alpha value is -1.80. The fourth-order valence-electron chi connectivity index (χ4n) is 2.36. The molecule has 2 heterocycles. The first-order valence-electron chi connectivity index (χ1n) is 6.92. The third kappa shape index (κ3) is 4.11. The molecule has 19 heavy (non-hydrogen) atoms. The normalized spacial score (nSPS) is 16.6. The lowest BCUT2D eigenvalue weighted by Gasteiger charge is -2.19. The lowest BCUT2D eigenvalue weighted by molar-refractivity contribution is 0.296. The molecule has 102 valence electrons. The van der Waals surface area contributed by atoms with Crippen LogP contribution in [0.3, 0.4) is 0 Å². The summed E-state index contributed by atoms with van der Waals surface area (Å²) < 4.78 is 0. The zero-order valence-electron chi connectivity index (χ0n) is 11.2. The molecule has 0 amide bonds. The summed E-state index contributed by atoms with van der Waals surface area (Å²) >= 11 is 0. The number of aromatic nitrogens is 1. The molecular formula is C14H21N5. The van der Waals surface area contributed by atoms with Gasteiger partial charge >= 0.3 is 0 Å². The van der Waals surface area contributed by atoms with Crippen molar-refractivity contribution < 1.29 is 0 Å². The van der Waals surface area contributed by atoms with E-state index in [0.29, 0.717) is 11.4 Å². The first-order chi connectivity index (χ1) is 9.29. The maximum atomic E-state index is 8.87. The first-order valence-corrected chi connectivity index (χ1v) is 6.92. The summed E-state index contributed by atoms with van der Waals surface area (Å²) in [6.45, 7) is 4.26. The second-order valence-electron chi connectivity index (χ2n) is 4.93. The predicted molar refractivity (Wildman–Crippen MR) is 76.8 cm³/mol. The summed E-state index contributed by atoms with van der Waals surface area (Å²) in [6, 6.07) is 5.54. The number of likely N-dealkylation sites (tertiary alicyclic amines) is 1. The Balaban J connectivity index is 1.80. The highest BCUT2D eigenvalue weighted by molar-refractivity contribution is 5.54. The summed E-state index contributed by atoms with van der Waals surface area (Å²) in [4.78, 5) is 6.66. The molecule has 1 aromatic heterocycles. The maximum absolute atomic E-state index is 8.87. The SMILES string of the molecule is N#Cc1nc(NCCN2CCCCCC2)ccc1N. The van der Waals surface area contributed by atoms with Gasteiger partial charge in [0.25, 0.3) is 0 Å². The van der Waals surface area contributed by atoms with Crippen LogP contribution in [0.1, 0.15) is 31.4 Å². The Morgan fingerprint density at radius 3 is 2.68 bits per heavy atom. The number of nitrogens with one attached hydrogen (secondary N) is 1. The summed E-state index contributed by atoms with van der Waals surface area (Å²) in [6.07, 6.45) is 5.32. The quantitative estimate of drug-likeness (QED) is 0.862. The van der Waals surface area contributed by atoms with Gasteiger partial charge < -0.3 is 16.0 Å². The first kappa shape index (κ1) is 13.6. The van der Waals surface area contributed by atoms with Crippen LogP contribution in [0.25, 0.3) is 0 Å². The van der Waals surface area contributed by atoms with E-state index >= 15 is 0 Å². The van der Waals surface area contributed by atoms with E-state index in [1.807, 2.05) is 12.1 Å². The molecule has 1 fully saturated rings. The Bertz CT molecular complexity index is 444. The van der Waals surface area contributed by atoms with Crippen molar-refractivity contribution >= 4 is 11.5 Å². The average molecular weight is 259 g/mol. The number of anilines is 2. The molecule has 2 rings (SSSR count). The largest absolute Gasteiger partial charge is 0.396 e. The third-order valence-electron chi connectivity index (χ3n) is 3.47. The van der Waals surface area contributed by atoms with Crippen LogP contribution >= 0.6 is 0 Å². The highest BCUT2D eigenvalue weighted by Gasteiger charge is 2.08. The summed E-state index contributed by atoms with van der Waals surface area (Å²) in [5, 5.41) is 12.1. The molecule has 1 aromatic rings. The van der Waals surface area contributed by atoms with Gasteiger partial charge in [-0.25, -0.2) is 4.98 Å². The molecule has 0 bridgehead atoms. The summed E-state index contributed by atoms with van der Waals surface area (Å²) in [7, 11) is 0. The van der Waals surface area contributed by atoms with Gasteiger partial charge in [0.15, 0.2) is 5.69 Å². The molecule has 1 aliphatic heterocycles. The van der Waals surface area contributed by atoms with Crippen LogP contribution in [0.2, 0.25) is 0 Å². The van der Waals surface area contributed by atoms with Crippen molar-refractivity contribution in [1.29, 1.82) is 5.26 Å². The van der Waals surface area contributed by atoms with E-state index < -0.39 is 0 Å². The van der Waals surface area contributed by atoms with Crippen molar-refractivity contribution in [1.82, 2.24) is 9.88 Å². The monoisotopic (exact) mass is 259 g/mol. The molecule has 0 spiro atoms. The third-order valence-corrected chi connectivity index (χ3v) is 3.47. The fourth-order valence-corrected chi connectivity index (χ4v) is 2.36. The molecule has 1 aliphatic rings. The van der Waals surface area contributed by atoms with Gasteiger partial charge in [-0.2, -0.15) is 5.26 Å². The molecule has 3 N–H and O–H groups in total. The van der Waals surface area contributed by atoms with Gasteiger partial charge in [-0.05, 0) is 38.1 Å². The molecule has 5 heteroatoms. The molecule has 1 saturated heterocycles. The zero-order valence-corrected chi connectivity index (χ0v) is 11.2. The molecule has 0 radical (unpaired) electrons. The fraction of sp³-hybridized carbons (Fsp3) is 0.571. The molecule has 5 nitrogen and oxygen atoms in total. The number of nitrogens with two attached hydrogens (primary N) is 1. The van der Waals surface area contributed by atoms with Crippen molar-refractivity contribution in [3.63, 3.8) is 0 Å². The van der Waals surface area contributed by atoms with Crippen LogP contribution in [-0.2, 0) is 0 Å². The van der Waals surface area contributed by atoms with Gasteiger partial charge in [-0.3, -0.25) is 0 Å². The summed E-state index contributed by atoms with van der Waals surface area (Å²) in [5.41, 5.74) is 6.36. The number of pyridine rings is 1. The Morgan fingerprint density at radius 1 is 1.26 bits per heavy atom. The minimum Gasteiger partial charge on any atom is -0.396 e. The molecular weight excluding hydrogens is 238 g/mol. The van der Waals surface area contributed by atoms with Crippen LogP contribution in [-0.4, -0.2) is 36.1 Å². The zero-order chi connectivity index (χ0) is 13.5. The van der Waals surface area contributed by atoms with E-state index in [4.69, 9.17) is 11.0 Å². The van der Waals surface area contributed by atoms with Crippen molar-refractivity contribution in [2.45, 2.75) is 25.7 Å². The standard InChI is InChI=1S/C14H21N5/c15-11-13-12(16)5-6-14(18-13)17-7-10-19-8-3-1-2-4-9-19/h5-6H,1-4,7-10,16H2,(H,17,18). The number of nitrogens with zero attached hydrogens (tertiary/aromatic N) is 3. The number of rotatable bonds is 4. The second-order valence-corrected chi connectivity index (χ2v) is 4.93. The van der Waals surface area contributed by atoms with Crippen molar-refractivity contribution in [2.75, 3.05) is 37.2 Å². The van der Waals surface area contributed by atoms with Crippen LogP contribution in [0, 0.1) is 11.3 Å². The number of nitrogen functional groups attached to an aromatic ring is 1. The van der Waals surface area contributed by atoms with Crippen LogP contribution in [0.15, 0.2) is 12.1 Å². The molecule has 0 unspecified atom stereocenters. The van der Waals surface area contributed by atoms with E-state index in [1.54, 1.807) is 6.07 Å². The number of nitriles is 1. The van der Waals surface area contributed by atoms with Crippen molar-refractivity contribution in [3.8, 4) is 6.07 Å². The van der Waals surface area contributed by atoms with Crippen molar-refractivity contribution in [2.24, 2.45) is 0 Å². The van der Waals surface area contributed by atoms with E-state index in [0.717, 1.165) is 18.9 Å². The average Bonchev–Trinajstić information content (AvgIpc) is 2.69. The second kappa shape index (κ2) is 6.95. The van der Waals surface area contributed by atoms with E-state index in [9.17, 15) is 0 Å². The molecule has 0 saturated carbocycles. The van der Waals surface area contributed by atoms with E-state index in [2.05, 4.69) is 15.2 Å². The van der Waals surface area contributed by atoms with Gasteiger partial charge in [0.2, 0.25) is 0 Å². The molecule has 0 atom stereocenters. The predicted octanol–water partition coefficient (Wildman–Crippen LogP) is 1.82. The minimum absolute atomic E-state index is 0.291. The molecule has 0 aromatic carbocycles. The minimum atomic E-state index is 0.291.